The highest BCUT2D eigenvalue weighted by Crippen LogP contribution is 2.44. The topological polar surface area (TPSA) is 85.2 Å². The summed E-state index contributed by atoms with van der Waals surface area (Å²) >= 11 is 1.54. The lowest BCUT2D eigenvalue weighted by Gasteiger charge is -2.31. The summed E-state index contributed by atoms with van der Waals surface area (Å²) in [7, 11) is 0. The third-order valence-corrected chi connectivity index (χ3v) is 6.93. The molecule has 6 heteroatoms. The number of carbonyl (C=O) groups excluding carboxylic acids is 1. The molecule has 0 radical (unpaired) electrons. The molecule has 120 valence electrons. The van der Waals surface area contributed by atoms with E-state index >= 15 is 0 Å². The Morgan fingerprint density at radius 3 is 2.82 bits per heavy atom. The molecule has 4 rings (SSSR count). The van der Waals surface area contributed by atoms with Gasteiger partial charge in [-0.15, -0.1) is 11.3 Å². The quantitative estimate of drug-likeness (QED) is 0.823. The van der Waals surface area contributed by atoms with Crippen LogP contribution in [-0.2, 0) is 13.0 Å². The second-order valence-electron chi connectivity index (χ2n) is 7.43. The van der Waals surface area contributed by atoms with Gasteiger partial charge in [-0.25, -0.2) is 4.98 Å². The molecule has 22 heavy (non-hydrogen) atoms. The SMILES string of the molecule is CC1(N2CCc3nc(C(=O)C4(N)CCCC4N)sc3C2)CC1. The average molecular weight is 320 g/mol. The average Bonchev–Trinajstić information content (AvgIpc) is 2.96. The number of aromatic nitrogens is 1. The summed E-state index contributed by atoms with van der Waals surface area (Å²) in [4.78, 5) is 21.2. The van der Waals surface area contributed by atoms with E-state index in [2.05, 4.69) is 16.8 Å². The minimum atomic E-state index is -0.900. The molecule has 0 aromatic carbocycles. The van der Waals surface area contributed by atoms with Gasteiger partial charge in [0, 0.05) is 36.0 Å². The predicted octanol–water partition coefficient (Wildman–Crippen LogP) is 1.45. The molecule has 1 aliphatic heterocycles. The second kappa shape index (κ2) is 4.84. The Bertz CT molecular complexity index is 624. The Morgan fingerprint density at radius 1 is 1.41 bits per heavy atom. The van der Waals surface area contributed by atoms with E-state index in [1.165, 1.54) is 17.7 Å². The molecule has 2 atom stereocenters. The molecular formula is C16H24N4OS. The van der Waals surface area contributed by atoms with Gasteiger partial charge >= 0.3 is 0 Å². The maximum Gasteiger partial charge on any atom is 0.212 e. The van der Waals surface area contributed by atoms with Crippen LogP contribution in [0.2, 0.25) is 0 Å². The molecule has 2 unspecified atom stereocenters. The van der Waals surface area contributed by atoms with Crippen LogP contribution in [0.3, 0.4) is 0 Å². The van der Waals surface area contributed by atoms with Crippen LogP contribution in [0.4, 0.5) is 0 Å². The number of Topliss-reactive ketones (excluding diaryl/α,β-unsaturated/α-hetero) is 1. The van der Waals surface area contributed by atoms with Crippen LogP contribution in [0.5, 0.6) is 0 Å². The fraction of sp³-hybridized carbons (Fsp3) is 0.750. The first-order valence-corrected chi connectivity index (χ1v) is 9.07. The number of fused-ring (bicyclic) bond motifs is 1. The van der Waals surface area contributed by atoms with Gasteiger partial charge in [-0.2, -0.15) is 0 Å². The van der Waals surface area contributed by atoms with Gasteiger partial charge in [-0.05, 0) is 39.0 Å². The molecule has 2 saturated carbocycles. The number of hydrogen-bond acceptors (Lipinski definition) is 6. The number of nitrogens with two attached hydrogens (primary N) is 2. The fourth-order valence-electron chi connectivity index (χ4n) is 3.79. The van der Waals surface area contributed by atoms with Crippen molar-refractivity contribution < 1.29 is 4.79 Å². The van der Waals surface area contributed by atoms with Crippen molar-refractivity contribution in [2.75, 3.05) is 6.54 Å². The number of ketones is 1. The zero-order chi connectivity index (χ0) is 15.5. The Morgan fingerprint density at radius 2 is 2.18 bits per heavy atom. The highest BCUT2D eigenvalue weighted by molar-refractivity contribution is 7.13. The molecule has 2 fully saturated rings. The molecule has 2 aliphatic carbocycles. The Kier molecular flexibility index (Phi) is 3.24. The summed E-state index contributed by atoms with van der Waals surface area (Å²) in [6, 6.07) is -0.234. The minimum Gasteiger partial charge on any atom is -0.326 e. The fourth-order valence-corrected chi connectivity index (χ4v) is 4.95. The van der Waals surface area contributed by atoms with Crippen LogP contribution in [0, 0.1) is 0 Å². The number of hydrogen-bond donors (Lipinski definition) is 2. The van der Waals surface area contributed by atoms with Crippen LogP contribution >= 0.6 is 11.3 Å². The molecule has 3 aliphatic rings. The predicted molar refractivity (Wildman–Crippen MR) is 86.9 cm³/mol. The first kappa shape index (κ1) is 14.8. The number of carbonyl (C=O) groups is 1. The largest absolute Gasteiger partial charge is 0.326 e. The van der Waals surface area contributed by atoms with E-state index in [0.717, 1.165) is 38.0 Å². The minimum absolute atomic E-state index is 0.0407. The third kappa shape index (κ3) is 2.16. The summed E-state index contributed by atoms with van der Waals surface area (Å²) < 4.78 is 0. The highest BCUT2D eigenvalue weighted by Gasteiger charge is 2.47. The normalized spacial score (nSPS) is 33.7. The maximum absolute atomic E-state index is 12.8. The summed E-state index contributed by atoms with van der Waals surface area (Å²) in [5.74, 6) is -0.0407. The molecule has 5 nitrogen and oxygen atoms in total. The zero-order valence-electron chi connectivity index (χ0n) is 13.1. The van der Waals surface area contributed by atoms with Crippen LogP contribution in [0.25, 0.3) is 0 Å². The van der Waals surface area contributed by atoms with Gasteiger partial charge in [0.15, 0.2) is 5.01 Å². The van der Waals surface area contributed by atoms with Crippen molar-refractivity contribution in [1.82, 2.24) is 9.88 Å². The highest BCUT2D eigenvalue weighted by atomic mass is 32.1. The molecule has 0 saturated heterocycles. The number of thiazole rings is 1. The van der Waals surface area contributed by atoms with Crippen LogP contribution < -0.4 is 11.5 Å². The van der Waals surface area contributed by atoms with Gasteiger partial charge in [0.05, 0.1) is 11.2 Å². The van der Waals surface area contributed by atoms with E-state index < -0.39 is 5.54 Å². The summed E-state index contributed by atoms with van der Waals surface area (Å²) in [6.07, 6.45) is 5.96. The van der Waals surface area contributed by atoms with Crippen LogP contribution in [0.15, 0.2) is 0 Å². The van der Waals surface area contributed by atoms with Crippen molar-refractivity contribution >= 4 is 17.1 Å². The number of nitrogens with zero attached hydrogens (tertiary/aromatic N) is 2. The van der Waals surface area contributed by atoms with Crippen molar-refractivity contribution in [3.63, 3.8) is 0 Å². The van der Waals surface area contributed by atoms with Gasteiger partial charge in [-0.3, -0.25) is 9.69 Å². The monoisotopic (exact) mass is 320 g/mol. The van der Waals surface area contributed by atoms with E-state index in [1.54, 1.807) is 11.3 Å². The van der Waals surface area contributed by atoms with Gasteiger partial charge < -0.3 is 11.5 Å². The second-order valence-corrected chi connectivity index (χ2v) is 8.51. The lowest BCUT2D eigenvalue weighted by molar-refractivity contribution is 0.0879. The van der Waals surface area contributed by atoms with Gasteiger partial charge in [-0.1, -0.05) is 0 Å². The maximum atomic E-state index is 12.8. The van der Waals surface area contributed by atoms with Crippen molar-refractivity contribution in [3.8, 4) is 0 Å². The van der Waals surface area contributed by atoms with Crippen LogP contribution in [0.1, 0.15) is 59.4 Å². The summed E-state index contributed by atoms with van der Waals surface area (Å²) in [6.45, 7) is 4.31. The van der Waals surface area contributed by atoms with E-state index in [4.69, 9.17) is 11.5 Å². The molecule has 1 aromatic rings. The van der Waals surface area contributed by atoms with Gasteiger partial charge in [0.1, 0.15) is 0 Å². The standard InChI is InChI=1S/C16H24N4OS/c1-15(6-7-15)20-8-4-10-11(9-20)22-14(19-10)13(21)16(18)5-2-3-12(16)17/h12H,2-9,17-18H2,1H3. The van der Waals surface area contributed by atoms with Gasteiger partial charge in [0.25, 0.3) is 0 Å². The first-order valence-electron chi connectivity index (χ1n) is 8.25. The van der Waals surface area contributed by atoms with Crippen molar-refractivity contribution in [3.05, 3.63) is 15.6 Å². The first-order chi connectivity index (χ1) is 10.4. The molecule has 0 spiro atoms. The smallest absolute Gasteiger partial charge is 0.212 e. The van der Waals surface area contributed by atoms with Crippen molar-refractivity contribution in [1.29, 1.82) is 0 Å². The summed E-state index contributed by atoms with van der Waals surface area (Å²) in [5.41, 5.74) is 13.0. The molecular weight excluding hydrogens is 296 g/mol. The molecule has 4 N–H and O–H groups in total. The third-order valence-electron chi connectivity index (χ3n) is 5.85. The molecule has 1 aromatic heterocycles. The summed E-state index contributed by atoms with van der Waals surface area (Å²) in [5, 5.41) is 0.577. The van der Waals surface area contributed by atoms with E-state index in [9.17, 15) is 4.79 Å². The van der Waals surface area contributed by atoms with Crippen molar-refractivity contribution in [2.45, 2.75) is 69.1 Å². The van der Waals surface area contributed by atoms with Crippen LogP contribution in [-0.4, -0.2) is 39.3 Å². The molecule has 0 amide bonds. The molecule has 2 heterocycles. The Balaban J connectivity index is 1.58. The van der Waals surface area contributed by atoms with E-state index in [-0.39, 0.29) is 11.8 Å². The van der Waals surface area contributed by atoms with E-state index in [1.807, 2.05) is 0 Å². The zero-order valence-corrected chi connectivity index (χ0v) is 13.9. The Labute approximate surface area is 135 Å². The van der Waals surface area contributed by atoms with E-state index in [0.29, 0.717) is 17.0 Å². The number of rotatable bonds is 3. The molecule has 0 bridgehead atoms. The lowest BCUT2D eigenvalue weighted by Crippen LogP contribution is -2.57. The Hall–Kier alpha value is -0.820. The van der Waals surface area contributed by atoms with Crippen molar-refractivity contribution in [2.24, 2.45) is 11.5 Å². The van der Waals surface area contributed by atoms with Gasteiger partial charge in [0.2, 0.25) is 5.78 Å². The lowest BCUT2D eigenvalue weighted by atomic mass is 9.90.